The van der Waals surface area contributed by atoms with Crippen molar-refractivity contribution >= 4 is 40.9 Å². The first-order valence-corrected chi connectivity index (χ1v) is 20.2. The van der Waals surface area contributed by atoms with E-state index in [-0.39, 0.29) is 59.9 Å². The van der Waals surface area contributed by atoms with Crippen LogP contribution in [-0.4, -0.2) is 109 Å². The van der Waals surface area contributed by atoms with Crippen molar-refractivity contribution in [1.29, 1.82) is 0 Å². The third kappa shape index (κ3) is 7.36. The second-order valence-electron chi connectivity index (χ2n) is 15.7. The maximum atomic E-state index is 13.9. The van der Waals surface area contributed by atoms with Crippen LogP contribution in [0.4, 0.5) is 17.2 Å². The number of hydrogen-bond acceptors (Lipinski definition) is 12. The van der Waals surface area contributed by atoms with Gasteiger partial charge in [-0.3, -0.25) is 19.3 Å². The first kappa shape index (κ1) is 38.6. The van der Waals surface area contributed by atoms with Gasteiger partial charge in [-0.15, -0.1) is 10.2 Å². The van der Waals surface area contributed by atoms with Crippen LogP contribution in [-0.2, 0) is 21.1 Å². The van der Waals surface area contributed by atoms with E-state index in [1.54, 1.807) is 69.1 Å². The molecule has 308 valence electrons. The Balaban J connectivity index is 0.832. The zero-order chi connectivity index (χ0) is 41.5. The Labute approximate surface area is 345 Å². The molecule has 0 radical (unpaired) electrons. The van der Waals surface area contributed by atoms with E-state index in [4.69, 9.17) is 10.5 Å². The molecule has 3 amide bonds. The number of para-hydroxylation sites is 2. The molecule has 2 aromatic carbocycles. The van der Waals surface area contributed by atoms with Crippen LogP contribution in [0, 0.1) is 0 Å². The summed E-state index contributed by atoms with van der Waals surface area (Å²) in [7, 11) is 0. The average Bonchev–Trinajstić information content (AvgIpc) is 3.75. The highest BCUT2D eigenvalue weighted by Gasteiger charge is 2.42. The average molecular weight is 814 g/mol. The number of likely N-dealkylation sites (tertiary alicyclic amines) is 1. The minimum atomic E-state index is -1.09. The molecule has 3 fully saturated rings. The van der Waals surface area contributed by atoms with Gasteiger partial charge < -0.3 is 30.5 Å². The van der Waals surface area contributed by atoms with E-state index in [2.05, 4.69) is 31.2 Å². The Morgan fingerprint density at radius 3 is 2.55 bits per heavy atom. The van der Waals surface area contributed by atoms with Gasteiger partial charge in [0.15, 0.2) is 18.2 Å². The van der Waals surface area contributed by atoms with Crippen molar-refractivity contribution in [2.24, 2.45) is 0 Å². The Morgan fingerprint density at radius 2 is 1.75 bits per heavy atom. The molecule has 0 spiro atoms. The minimum absolute atomic E-state index is 0.00540. The number of imide groups is 1. The van der Waals surface area contributed by atoms with Gasteiger partial charge in [0.1, 0.15) is 35.4 Å². The molecule has 4 N–H and O–H groups in total. The first-order valence-electron chi connectivity index (χ1n) is 20.2. The number of carboxylic acid groups (broad SMARTS) is 1. The SMILES string of the molecule is Nc1nnc(-c2ccccc2O)cc1-n1cc(N2CCN(C3CCC(c4cccc5c4OCCN5C4CCC(=O)N(C[n+]5cccc(C(=O)O)c5)C4=O)CC3)CC2=O)cn1. The van der Waals surface area contributed by atoms with Gasteiger partial charge in [-0.05, 0) is 73.9 Å². The van der Waals surface area contributed by atoms with Crippen LogP contribution in [0.5, 0.6) is 11.5 Å². The number of nitrogens with two attached hydrogens (primary N) is 1. The lowest BCUT2D eigenvalue weighted by Crippen LogP contribution is -2.59. The number of pyridine rings is 1. The molecule has 1 unspecified atom stereocenters. The number of phenols is 1. The number of piperazine rings is 1. The highest BCUT2D eigenvalue weighted by molar-refractivity contribution is 6.01. The Hall–Kier alpha value is -6.88. The molecular formula is C43H45N10O7+. The smallest absolute Gasteiger partial charge is 0.341 e. The van der Waals surface area contributed by atoms with Crippen LogP contribution in [0.3, 0.4) is 0 Å². The summed E-state index contributed by atoms with van der Waals surface area (Å²) < 4.78 is 9.45. The second-order valence-corrected chi connectivity index (χ2v) is 15.7. The molecule has 2 saturated heterocycles. The number of rotatable bonds is 9. The number of nitrogen functional groups attached to an aromatic ring is 1. The summed E-state index contributed by atoms with van der Waals surface area (Å²) in [5, 5.41) is 32.5. The van der Waals surface area contributed by atoms with Gasteiger partial charge in [0, 0.05) is 37.2 Å². The van der Waals surface area contributed by atoms with Gasteiger partial charge in [-0.1, -0.05) is 24.3 Å². The van der Waals surface area contributed by atoms with Gasteiger partial charge >= 0.3 is 5.97 Å². The van der Waals surface area contributed by atoms with Crippen molar-refractivity contribution in [3.05, 3.63) is 96.6 Å². The number of aromatic carboxylic acids is 1. The minimum Gasteiger partial charge on any atom is -0.507 e. The van der Waals surface area contributed by atoms with Gasteiger partial charge in [0.05, 0.1) is 42.6 Å². The molecule has 17 nitrogen and oxygen atoms in total. The zero-order valence-electron chi connectivity index (χ0n) is 32.8. The van der Waals surface area contributed by atoms with E-state index < -0.39 is 12.0 Å². The monoisotopic (exact) mass is 813 g/mol. The Kier molecular flexibility index (Phi) is 10.3. The lowest BCUT2D eigenvalue weighted by molar-refractivity contribution is -0.710. The van der Waals surface area contributed by atoms with Crippen LogP contribution in [0.1, 0.15) is 60.4 Å². The first-order chi connectivity index (χ1) is 29.1. The van der Waals surface area contributed by atoms with Crippen molar-refractivity contribution in [2.75, 3.05) is 48.3 Å². The summed E-state index contributed by atoms with van der Waals surface area (Å²) in [6.45, 7) is 2.38. The molecule has 3 aliphatic heterocycles. The third-order valence-corrected chi connectivity index (χ3v) is 12.2. The number of carbonyl (C=O) groups is 4. The fraction of sp³-hybridized carbons (Fsp3) is 0.349. The fourth-order valence-corrected chi connectivity index (χ4v) is 9.11. The lowest BCUT2D eigenvalue weighted by Gasteiger charge is -2.43. The maximum Gasteiger partial charge on any atom is 0.341 e. The largest absolute Gasteiger partial charge is 0.507 e. The molecular weight excluding hydrogens is 769 g/mol. The molecule has 9 rings (SSSR count). The summed E-state index contributed by atoms with van der Waals surface area (Å²) in [5.74, 6) is -0.411. The van der Waals surface area contributed by atoms with Gasteiger partial charge in [0.2, 0.25) is 18.5 Å². The van der Waals surface area contributed by atoms with E-state index in [1.807, 2.05) is 12.1 Å². The number of carboxylic acids is 1. The number of aromatic hydroxyl groups is 1. The number of piperidine rings is 1. The molecule has 1 aliphatic carbocycles. The van der Waals surface area contributed by atoms with Crippen molar-refractivity contribution in [3.63, 3.8) is 0 Å². The molecule has 1 atom stereocenters. The highest BCUT2D eigenvalue weighted by atomic mass is 16.5. The number of aromatic nitrogens is 5. The fourth-order valence-electron chi connectivity index (χ4n) is 9.11. The van der Waals surface area contributed by atoms with Crippen LogP contribution in [0.25, 0.3) is 16.9 Å². The van der Waals surface area contributed by atoms with E-state index in [0.29, 0.717) is 55.3 Å². The van der Waals surface area contributed by atoms with E-state index in [0.717, 1.165) is 49.2 Å². The van der Waals surface area contributed by atoms with Crippen molar-refractivity contribution in [2.45, 2.75) is 63.2 Å². The summed E-state index contributed by atoms with van der Waals surface area (Å²) in [6.07, 6.45) is 10.7. The van der Waals surface area contributed by atoms with Gasteiger partial charge in [-0.25, -0.2) is 14.4 Å². The predicted molar refractivity (Wildman–Crippen MR) is 217 cm³/mol. The van der Waals surface area contributed by atoms with Crippen molar-refractivity contribution in [1.82, 2.24) is 29.8 Å². The van der Waals surface area contributed by atoms with Gasteiger partial charge in [-0.2, -0.15) is 9.67 Å². The number of nitrogens with zero attached hydrogens (tertiary/aromatic N) is 9. The number of carbonyl (C=O) groups excluding carboxylic acids is 3. The van der Waals surface area contributed by atoms with Crippen molar-refractivity contribution < 1.29 is 38.7 Å². The number of ether oxygens (including phenoxy) is 1. The maximum absolute atomic E-state index is 13.9. The Bertz CT molecular complexity index is 2480. The lowest BCUT2D eigenvalue weighted by atomic mass is 9.80. The number of phenolic OH excluding ortho intramolecular Hbond substituents is 1. The quantitative estimate of drug-likeness (QED) is 0.145. The zero-order valence-corrected chi connectivity index (χ0v) is 32.8. The van der Waals surface area contributed by atoms with Crippen LogP contribution in [0.15, 0.2) is 85.5 Å². The standard InChI is InChI=1S/C43H44N10O7/c44-41-36(21-33(46-47-41)32-6-1-2-9-37(32)54)53-24-30(22-45-53)50-18-17-49(25-39(50)56)29-12-10-27(11-13-29)31-7-3-8-34-40(31)60-20-19-51(34)35-14-15-38(55)52(42(35)57)26-48-16-4-5-28(23-48)43(58)59/h1-9,16,21-24,27,29,35H,10-15,17-20,25-26H2,(H3-,44,46,47,54,58,59)/p+1. The Morgan fingerprint density at radius 1 is 0.917 bits per heavy atom. The van der Waals surface area contributed by atoms with Crippen molar-refractivity contribution in [3.8, 4) is 28.4 Å². The van der Waals surface area contributed by atoms with E-state index >= 15 is 0 Å². The topological polar surface area (TPSA) is 204 Å². The number of amides is 3. The molecule has 5 aromatic rings. The van der Waals surface area contributed by atoms with Gasteiger partial charge in [0.25, 0.3) is 5.91 Å². The molecule has 1 saturated carbocycles. The molecule has 0 bridgehead atoms. The molecule has 6 heterocycles. The number of fused-ring (bicyclic) bond motifs is 1. The second kappa shape index (κ2) is 16.1. The molecule has 3 aromatic heterocycles. The predicted octanol–water partition coefficient (Wildman–Crippen LogP) is 3.35. The van der Waals surface area contributed by atoms with Crippen LogP contribution in [0.2, 0.25) is 0 Å². The molecule has 60 heavy (non-hydrogen) atoms. The highest BCUT2D eigenvalue weighted by Crippen LogP contribution is 2.45. The molecule has 4 aliphatic rings. The number of anilines is 3. The summed E-state index contributed by atoms with van der Waals surface area (Å²) >= 11 is 0. The summed E-state index contributed by atoms with van der Waals surface area (Å²) in [4.78, 5) is 59.4. The third-order valence-electron chi connectivity index (χ3n) is 12.2. The summed E-state index contributed by atoms with van der Waals surface area (Å²) in [5.41, 5.74) is 10.3. The summed E-state index contributed by atoms with van der Waals surface area (Å²) in [6, 6.07) is 17.4. The number of benzene rings is 2. The molecule has 17 heteroatoms. The van der Waals surface area contributed by atoms with Crippen LogP contribution < -0.4 is 24.8 Å². The number of hydrogen-bond donors (Lipinski definition) is 3. The van der Waals surface area contributed by atoms with E-state index in [9.17, 15) is 29.4 Å². The van der Waals surface area contributed by atoms with Crippen LogP contribution >= 0.6 is 0 Å². The van der Waals surface area contributed by atoms with E-state index in [1.165, 1.54) is 17.2 Å². The normalized spacial score (nSPS) is 21.2.